The molecule has 0 fully saturated rings. The molecule has 0 saturated carbocycles. The van der Waals surface area contributed by atoms with Crippen LogP contribution in [0.2, 0.25) is 0 Å². The summed E-state index contributed by atoms with van der Waals surface area (Å²) in [6.07, 6.45) is 1.33. The van der Waals surface area contributed by atoms with Crippen LogP contribution in [0.5, 0.6) is 0 Å². The van der Waals surface area contributed by atoms with E-state index in [0.717, 1.165) is 23.3 Å². The molecule has 1 aromatic heterocycles. The monoisotopic (exact) mass is 381 g/mol. The van der Waals surface area contributed by atoms with Crippen LogP contribution in [0.25, 0.3) is 0 Å². The number of hydrogen-bond donors (Lipinski definition) is 2. The van der Waals surface area contributed by atoms with Crippen LogP contribution in [0.15, 0.2) is 54.7 Å². The van der Waals surface area contributed by atoms with Gasteiger partial charge in [0.25, 0.3) is 11.8 Å². The first-order valence-corrected chi connectivity index (χ1v) is 8.44. The molecule has 1 heterocycles. The summed E-state index contributed by atoms with van der Waals surface area (Å²) < 4.78 is 26.3. The van der Waals surface area contributed by atoms with E-state index < -0.39 is 23.4 Å². The van der Waals surface area contributed by atoms with E-state index in [0.29, 0.717) is 5.69 Å². The fraction of sp³-hybridized carbons (Fsp3) is 0.0952. The summed E-state index contributed by atoms with van der Waals surface area (Å²) in [4.78, 5) is 28.8. The highest BCUT2D eigenvalue weighted by Gasteiger charge is 2.14. The predicted octanol–water partition coefficient (Wildman–Crippen LogP) is 4.48. The minimum absolute atomic E-state index is 0.0536. The zero-order valence-corrected chi connectivity index (χ0v) is 15.2. The summed E-state index contributed by atoms with van der Waals surface area (Å²) >= 11 is 0. The molecule has 0 radical (unpaired) electrons. The molecule has 0 spiro atoms. The fourth-order valence-corrected chi connectivity index (χ4v) is 2.61. The Hall–Kier alpha value is -3.61. The Labute approximate surface area is 160 Å². The Morgan fingerprint density at radius 2 is 1.64 bits per heavy atom. The molecule has 0 aliphatic heterocycles. The average Bonchev–Trinajstić information content (AvgIpc) is 2.67. The molecule has 5 nitrogen and oxygen atoms in total. The molecule has 2 aromatic carbocycles. The van der Waals surface area contributed by atoms with Crippen molar-refractivity contribution in [2.24, 2.45) is 0 Å². The molecule has 7 heteroatoms. The summed E-state index contributed by atoms with van der Waals surface area (Å²) in [5, 5.41) is 5.21. The number of anilines is 2. The molecular formula is C21H17F2N3O2. The number of aryl methyl sites for hydroxylation is 2. The molecule has 3 rings (SSSR count). The van der Waals surface area contributed by atoms with Gasteiger partial charge in [-0.2, -0.15) is 0 Å². The van der Waals surface area contributed by atoms with Crippen molar-refractivity contribution >= 4 is 23.2 Å². The number of carbonyl (C=O) groups excluding carboxylic acids is 2. The van der Waals surface area contributed by atoms with Crippen LogP contribution in [0.1, 0.15) is 32.0 Å². The van der Waals surface area contributed by atoms with Gasteiger partial charge in [0.1, 0.15) is 5.69 Å². The quantitative estimate of drug-likeness (QED) is 0.700. The number of nitrogens with one attached hydrogen (secondary N) is 2. The lowest BCUT2D eigenvalue weighted by molar-refractivity contribution is 0.102. The van der Waals surface area contributed by atoms with Crippen molar-refractivity contribution in [1.29, 1.82) is 0 Å². The lowest BCUT2D eigenvalue weighted by atomic mass is 10.1. The summed E-state index contributed by atoms with van der Waals surface area (Å²) in [6, 6.07) is 11.4. The fourth-order valence-electron chi connectivity index (χ4n) is 2.61. The molecule has 0 atom stereocenters. The first kappa shape index (κ1) is 19.2. The average molecular weight is 381 g/mol. The summed E-state index contributed by atoms with van der Waals surface area (Å²) in [7, 11) is 0. The zero-order valence-electron chi connectivity index (χ0n) is 15.2. The molecule has 0 unspecified atom stereocenters. The van der Waals surface area contributed by atoms with E-state index in [9.17, 15) is 18.4 Å². The predicted molar refractivity (Wildman–Crippen MR) is 102 cm³/mol. The van der Waals surface area contributed by atoms with Crippen molar-refractivity contribution in [3.8, 4) is 0 Å². The molecule has 2 amide bonds. The maximum atomic E-state index is 13.3. The van der Waals surface area contributed by atoms with Crippen molar-refractivity contribution in [2.45, 2.75) is 13.8 Å². The van der Waals surface area contributed by atoms with E-state index in [4.69, 9.17) is 0 Å². The van der Waals surface area contributed by atoms with Crippen LogP contribution in [0.3, 0.4) is 0 Å². The third-order valence-electron chi connectivity index (χ3n) is 4.06. The summed E-state index contributed by atoms with van der Waals surface area (Å²) in [6.45, 7) is 3.83. The number of hydrogen-bond acceptors (Lipinski definition) is 3. The van der Waals surface area contributed by atoms with Gasteiger partial charge in [0.2, 0.25) is 0 Å². The highest BCUT2D eigenvalue weighted by molar-refractivity contribution is 6.08. The largest absolute Gasteiger partial charge is 0.322 e. The van der Waals surface area contributed by atoms with Gasteiger partial charge in [-0.15, -0.1) is 0 Å². The SMILES string of the molecule is Cc1ccc(NC(=O)c2cc(C(=O)Nc3ccc(F)c(F)c3)ccn2)c(C)c1. The third-order valence-corrected chi connectivity index (χ3v) is 4.06. The van der Waals surface area contributed by atoms with Crippen molar-refractivity contribution in [3.63, 3.8) is 0 Å². The van der Waals surface area contributed by atoms with Gasteiger partial charge in [-0.3, -0.25) is 14.6 Å². The van der Waals surface area contributed by atoms with Crippen molar-refractivity contribution < 1.29 is 18.4 Å². The number of aromatic nitrogens is 1. The van der Waals surface area contributed by atoms with Gasteiger partial charge in [-0.05, 0) is 49.7 Å². The molecule has 0 aliphatic rings. The van der Waals surface area contributed by atoms with Crippen molar-refractivity contribution in [3.05, 3.63) is 88.7 Å². The maximum Gasteiger partial charge on any atom is 0.274 e. The highest BCUT2D eigenvalue weighted by Crippen LogP contribution is 2.18. The van der Waals surface area contributed by atoms with Gasteiger partial charge < -0.3 is 10.6 Å². The van der Waals surface area contributed by atoms with Crippen LogP contribution < -0.4 is 10.6 Å². The first-order chi connectivity index (χ1) is 13.3. The minimum atomic E-state index is -1.07. The second-order valence-electron chi connectivity index (χ2n) is 6.29. The Bertz CT molecular complexity index is 1070. The Morgan fingerprint density at radius 3 is 2.36 bits per heavy atom. The molecule has 28 heavy (non-hydrogen) atoms. The molecule has 3 aromatic rings. The second-order valence-corrected chi connectivity index (χ2v) is 6.29. The van der Waals surface area contributed by atoms with E-state index in [2.05, 4.69) is 15.6 Å². The molecular weight excluding hydrogens is 364 g/mol. The normalized spacial score (nSPS) is 10.4. The Balaban J connectivity index is 1.76. The van der Waals surface area contributed by atoms with Crippen LogP contribution >= 0.6 is 0 Å². The lowest BCUT2D eigenvalue weighted by Crippen LogP contribution is -2.17. The van der Waals surface area contributed by atoms with Gasteiger partial charge in [0.05, 0.1) is 0 Å². The molecule has 142 valence electrons. The number of rotatable bonds is 4. The first-order valence-electron chi connectivity index (χ1n) is 8.44. The number of pyridine rings is 1. The topological polar surface area (TPSA) is 71.1 Å². The Kier molecular flexibility index (Phi) is 5.44. The van der Waals surface area contributed by atoms with Gasteiger partial charge in [0, 0.05) is 29.2 Å². The van der Waals surface area contributed by atoms with E-state index >= 15 is 0 Å². The maximum absolute atomic E-state index is 13.3. The van der Waals surface area contributed by atoms with E-state index in [1.807, 2.05) is 26.0 Å². The molecule has 0 bridgehead atoms. The molecule has 0 aliphatic carbocycles. The van der Waals surface area contributed by atoms with Crippen LogP contribution in [0, 0.1) is 25.5 Å². The van der Waals surface area contributed by atoms with E-state index in [1.165, 1.54) is 24.4 Å². The number of nitrogens with zero attached hydrogens (tertiary/aromatic N) is 1. The van der Waals surface area contributed by atoms with Gasteiger partial charge in [-0.1, -0.05) is 17.7 Å². The smallest absolute Gasteiger partial charge is 0.274 e. The summed E-state index contributed by atoms with van der Waals surface area (Å²) in [5.41, 5.74) is 2.93. The van der Waals surface area contributed by atoms with Crippen molar-refractivity contribution in [2.75, 3.05) is 10.6 Å². The van der Waals surface area contributed by atoms with Gasteiger partial charge in [0.15, 0.2) is 11.6 Å². The van der Waals surface area contributed by atoms with Gasteiger partial charge in [-0.25, -0.2) is 8.78 Å². The van der Waals surface area contributed by atoms with E-state index in [-0.39, 0.29) is 16.9 Å². The standard InChI is InChI=1S/C21H17F2N3O2/c1-12-3-6-18(13(2)9-12)26-21(28)19-10-14(7-8-24-19)20(27)25-15-4-5-16(22)17(23)11-15/h3-11H,1-2H3,(H,25,27)(H,26,28). The third kappa shape index (κ3) is 4.37. The number of amides is 2. The number of benzene rings is 2. The van der Waals surface area contributed by atoms with Crippen molar-refractivity contribution in [1.82, 2.24) is 4.98 Å². The minimum Gasteiger partial charge on any atom is -0.322 e. The van der Waals surface area contributed by atoms with Crippen LogP contribution in [0.4, 0.5) is 20.2 Å². The molecule has 2 N–H and O–H groups in total. The van der Waals surface area contributed by atoms with Crippen LogP contribution in [-0.2, 0) is 0 Å². The van der Waals surface area contributed by atoms with Gasteiger partial charge >= 0.3 is 0 Å². The molecule has 0 saturated heterocycles. The lowest BCUT2D eigenvalue weighted by Gasteiger charge is -2.10. The van der Waals surface area contributed by atoms with E-state index in [1.54, 1.807) is 6.07 Å². The highest BCUT2D eigenvalue weighted by atomic mass is 19.2. The number of carbonyl (C=O) groups is 2. The summed E-state index contributed by atoms with van der Waals surface area (Å²) in [5.74, 6) is -3.11. The second kappa shape index (κ2) is 7.96. The zero-order chi connectivity index (χ0) is 20.3. The number of halogens is 2. The Morgan fingerprint density at radius 1 is 0.857 bits per heavy atom. The van der Waals surface area contributed by atoms with Crippen LogP contribution in [-0.4, -0.2) is 16.8 Å².